The molecular formula is C16H28N4O2. The van der Waals surface area contributed by atoms with Crippen molar-refractivity contribution in [2.75, 3.05) is 52.4 Å². The van der Waals surface area contributed by atoms with Crippen molar-refractivity contribution in [3.05, 3.63) is 12.7 Å². The van der Waals surface area contributed by atoms with Gasteiger partial charge in [-0.15, -0.1) is 6.58 Å². The number of nitrogens with one attached hydrogen (secondary N) is 1. The first-order valence-electron chi connectivity index (χ1n) is 8.24. The molecule has 0 aromatic carbocycles. The lowest BCUT2D eigenvalue weighted by molar-refractivity contribution is -0.132. The lowest BCUT2D eigenvalue weighted by Crippen LogP contribution is -2.55. The highest BCUT2D eigenvalue weighted by atomic mass is 16.2. The third-order valence-corrected chi connectivity index (χ3v) is 4.57. The predicted molar refractivity (Wildman–Crippen MR) is 86.5 cm³/mol. The molecule has 124 valence electrons. The number of nitrogens with zero attached hydrogens (tertiary/aromatic N) is 3. The maximum Gasteiger partial charge on any atom is 0.237 e. The van der Waals surface area contributed by atoms with Gasteiger partial charge in [0.25, 0.3) is 0 Å². The first-order valence-corrected chi connectivity index (χ1v) is 8.24. The Morgan fingerprint density at radius 3 is 2.36 bits per heavy atom. The first kappa shape index (κ1) is 17.0. The van der Waals surface area contributed by atoms with Crippen LogP contribution in [0.25, 0.3) is 0 Å². The van der Waals surface area contributed by atoms with Gasteiger partial charge in [0, 0.05) is 45.8 Å². The van der Waals surface area contributed by atoms with Crippen LogP contribution in [-0.2, 0) is 9.59 Å². The molecule has 2 fully saturated rings. The summed E-state index contributed by atoms with van der Waals surface area (Å²) < 4.78 is 0. The van der Waals surface area contributed by atoms with Crippen LogP contribution >= 0.6 is 0 Å². The predicted octanol–water partition coefficient (Wildman–Crippen LogP) is -0.0829. The minimum atomic E-state index is -0.128. The second-order valence-electron chi connectivity index (χ2n) is 6.11. The van der Waals surface area contributed by atoms with Crippen molar-refractivity contribution in [2.24, 2.45) is 0 Å². The summed E-state index contributed by atoms with van der Waals surface area (Å²) in [4.78, 5) is 30.5. The van der Waals surface area contributed by atoms with E-state index in [9.17, 15) is 9.59 Å². The maximum atomic E-state index is 12.2. The Bertz CT molecular complexity index is 399. The van der Waals surface area contributed by atoms with Crippen molar-refractivity contribution in [1.29, 1.82) is 0 Å². The molecule has 1 N–H and O–H groups in total. The van der Waals surface area contributed by atoms with Gasteiger partial charge in [-0.1, -0.05) is 6.08 Å². The number of carbonyl (C=O) groups excluding carboxylic acids is 2. The van der Waals surface area contributed by atoms with E-state index in [-0.39, 0.29) is 17.9 Å². The lowest BCUT2D eigenvalue weighted by atomic mass is 10.2. The zero-order valence-electron chi connectivity index (χ0n) is 13.6. The molecule has 2 heterocycles. The van der Waals surface area contributed by atoms with Crippen LogP contribution in [-0.4, -0.2) is 84.9 Å². The van der Waals surface area contributed by atoms with Gasteiger partial charge in [0.15, 0.2) is 0 Å². The van der Waals surface area contributed by atoms with E-state index in [0.717, 1.165) is 52.1 Å². The molecule has 2 aliphatic heterocycles. The fourth-order valence-corrected chi connectivity index (χ4v) is 3.05. The fraction of sp³-hybridized carbons (Fsp3) is 0.750. The SMILES string of the molecule is C=CCNC(=O)C(C)N1CCN(CC(=O)N2CCCC2)CC1. The minimum Gasteiger partial charge on any atom is -0.351 e. The fourth-order valence-electron chi connectivity index (χ4n) is 3.05. The Labute approximate surface area is 133 Å². The molecule has 0 bridgehead atoms. The molecule has 0 aromatic heterocycles. The van der Waals surface area contributed by atoms with Crippen LogP contribution in [0.15, 0.2) is 12.7 Å². The molecule has 0 aromatic rings. The van der Waals surface area contributed by atoms with Gasteiger partial charge in [0.05, 0.1) is 12.6 Å². The normalized spacial score (nSPS) is 21.6. The molecule has 1 unspecified atom stereocenters. The lowest BCUT2D eigenvalue weighted by Gasteiger charge is -2.37. The zero-order valence-corrected chi connectivity index (χ0v) is 13.6. The summed E-state index contributed by atoms with van der Waals surface area (Å²) in [5, 5.41) is 2.84. The van der Waals surface area contributed by atoms with E-state index in [2.05, 4.69) is 21.7 Å². The van der Waals surface area contributed by atoms with Crippen molar-refractivity contribution >= 4 is 11.8 Å². The highest BCUT2D eigenvalue weighted by Gasteiger charge is 2.27. The van der Waals surface area contributed by atoms with Gasteiger partial charge in [-0.25, -0.2) is 0 Å². The number of piperazine rings is 1. The van der Waals surface area contributed by atoms with Gasteiger partial charge < -0.3 is 10.2 Å². The topological polar surface area (TPSA) is 55.9 Å². The number of carbonyl (C=O) groups is 2. The molecule has 0 aliphatic carbocycles. The molecular weight excluding hydrogens is 280 g/mol. The summed E-state index contributed by atoms with van der Waals surface area (Å²) in [6, 6.07) is -0.128. The summed E-state index contributed by atoms with van der Waals surface area (Å²) >= 11 is 0. The monoisotopic (exact) mass is 308 g/mol. The van der Waals surface area contributed by atoms with Gasteiger partial charge in [-0.2, -0.15) is 0 Å². The first-order chi connectivity index (χ1) is 10.6. The minimum absolute atomic E-state index is 0.0430. The van der Waals surface area contributed by atoms with Gasteiger partial charge >= 0.3 is 0 Å². The van der Waals surface area contributed by atoms with Gasteiger partial charge in [-0.3, -0.25) is 19.4 Å². The largest absolute Gasteiger partial charge is 0.351 e. The van der Waals surface area contributed by atoms with Crippen molar-refractivity contribution in [3.8, 4) is 0 Å². The Balaban J connectivity index is 1.71. The van der Waals surface area contributed by atoms with E-state index < -0.39 is 0 Å². The molecule has 6 nitrogen and oxygen atoms in total. The van der Waals surface area contributed by atoms with Gasteiger partial charge in [0.2, 0.25) is 11.8 Å². The van der Waals surface area contributed by atoms with Crippen LogP contribution in [0.2, 0.25) is 0 Å². The van der Waals surface area contributed by atoms with E-state index in [4.69, 9.17) is 0 Å². The second-order valence-corrected chi connectivity index (χ2v) is 6.11. The highest BCUT2D eigenvalue weighted by Crippen LogP contribution is 2.10. The molecule has 0 spiro atoms. The average Bonchev–Trinajstić information content (AvgIpc) is 3.07. The van der Waals surface area contributed by atoms with Crippen LogP contribution in [0.4, 0.5) is 0 Å². The molecule has 2 aliphatic rings. The third-order valence-electron chi connectivity index (χ3n) is 4.57. The van der Waals surface area contributed by atoms with E-state index in [1.807, 2.05) is 11.8 Å². The maximum absolute atomic E-state index is 12.2. The van der Waals surface area contributed by atoms with Crippen LogP contribution in [0.1, 0.15) is 19.8 Å². The molecule has 2 saturated heterocycles. The van der Waals surface area contributed by atoms with Crippen LogP contribution in [0, 0.1) is 0 Å². The average molecular weight is 308 g/mol. The number of hydrogen-bond donors (Lipinski definition) is 1. The number of rotatable bonds is 6. The van der Waals surface area contributed by atoms with Gasteiger partial charge in [0.1, 0.15) is 0 Å². The van der Waals surface area contributed by atoms with Gasteiger partial charge in [-0.05, 0) is 19.8 Å². The molecule has 2 amide bonds. The molecule has 2 rings (SSSR count). The van der Waals surface area contributed by atoms with Crippen molar-refractivity contribution in [1.82, 2.24) is 20.0 Å². The van der Waals surface area contributed by atoms with Crippen molar-refractivity contribution in [3.63, 3.8) is 0 Å². The zero-order chi connectivity index (χ0) is 15.9. The Hall–Kier alpha value is -1.40. The van der Waals surface area contributed by atoms with E-state index >= 15 is 0 Å². The van der Waals surface area contributed by atoms with Crippen molar-refractivity contribution in [2.45, 2.75) is 25.8 Å². The van der Waals surface area contributed by atoms with E-state index in [0.29, 0.717) is 13.1 Å². The number of amides is 2. The standard InChI is InChI=1S/C16H28N4O2/c1-3-6-17-16(22)14(2)19-11-9-18(10-12-19)13-15(21)20-7-4-5-8-20/h3,14H,1,4-13H2,2H3,(H,17,22). The van der Waals surface area contributed by atoms with Crippen LogP contribution in [0.5, 0.6) is 0 Å². The summed E-state index contributed by atoms with van der Waals surface area (Å²) in [6.07, 6.45) is 3.96. The van der Waals surface area contributed by atoms with Crippen LogP contribution < -0.4 is 5.32 Å². The summed E-state index contributed by atoms with van der Waals surface area (Å²) in [7, 11) is 0. The number of likely N-dealkylation sites (tertiary alicyclic amines) is 1. The quantitative estimate of drug-likeness (QED) is 0.697. The summed E-state index contributed by atoms with van der Waals surface area (Å²) in [5.74, 6) is 0.296. The van der Waals surface area contributed by atoms with E-state index in [1.165, 1.54) is 0 Å². The molecule has 0 radical (unpaired) electrons. The number of hydrogen-bond acceptors (Lipinski definition) is 4. The highest BCUT2D eigenvalue weighted by molar-refractivity contribution is 5.81. The van der Waals surface area contributed by atoms with Crippen molar-refractivity contribution < 1.29 is 9.59 Å². The second kappa shape index (κ2) is 8.29. The molecule has 22 heavy (non-hydrogen) atoms. The molecule has 0 saturated carbocycles. The van der Waals surface area contributed by atoms with Crippen LogP contribution in [0.3, 0.4) is 0 Å². The Kier molecular flexibility index (Phi) is 6.39. The third kappa shape index (κ3) is 4.55. The Morgan fingerprint density at radius 2 is 1.77 bits per heavy atom. The molecule has 6 heteroatoms. The summed E-state index contributed by atoms with van der Waals surface area (Å²) in [6.45, 7) is 11.7. The molecule has 1 atom stereocenters. The van der Waals surface area contributed by atoms with E-state index in [1.54, 1.807) is 6.08 Å². The smallest absolute Gasteiger partial charge is 0.237 e. The summed E-state index contributed by atoms with van der Waals surface area (Å²) in [5.41, 5.74) is 0. The Morgan fingerprint density at radius 1 is 1.14 bits per heavy atom.